The molecule has 0 bridgehead atoms. The Labute approximate surface area is 117 Å². The van der Waals surface area contributed by atoms with Crippen LogP contribution in [-0.4, -0.2) is 33.0 Å². The first-order valence-electron chi connectivity index (χ1n) is 6.84. The normalized spacial score (nSPS) is 15.7. The quantitative estimate of drug-likeness (QED) is 0.682. The average molecular weight is 280 g/mol. The van der Waals surface area contributed by atoms with E-state index in [1.807, 2.05) is 6.92 Å². The molecule has 20 heavy (non-hydrogen) atoms. The van der Waals surface area contributed by atoms with Gasteiger partial charge in [-0.25, -0.2) is 9.48 Å². The van der Waals surface area contributed by atoms with Gasteiger partial charge < -0.3 is 11.1 Å². The minimum absolute atomic E-state index is 0.0517. The van der Waals surface area contributed by atoms with Crippen molar-refractivity contribution in [3.8, 4) is 0 Å². The molecule has 0 aromatic carbocycles. The van der Waals surface area contributed by atoms with Gasteiger partial charge in [0.1, 0.15) is 6.54 Å². The van der Waals surface area contributed by atoms with Crippen molar-refractivity contribution in [2.45, 2.75) is 51.2 Å². The number of nitrogens with one attached hydrogen (secondary N) is 2. The fourth-order valence-corrected chi connectivity index (χ4v) is 1.78. The summed E-state index contributed by atoms with van der Waals surface area (Å²) in [4.78, 5) is 23.0. The van der Waals surface area contributed by atoms with Crippen LogP contribution in [0.2, 0.25) is 0 Å². The molecular formula is C12H20N6O2. The topological polar surface area (TPSA) is 115 Å². The first-order chi connectivity index (χ1) is 9.58. The van der Waals surface area contributed by atoms with Crippen molar-refractivity contribution in [3.63, 3.8) is 0 Å². The molecule has 0 saturated heterocycles. The number of hydrogen-bond donors (Lipinski definition) is 3. The van der Waals surface area contributed by atoms with Crippen LogP contribution in [0.15, 0.2) is 6.20 Å². The van der Waals surface area contributed by atoms with Crippen molar-refractivity contribution in [2.24, 2.45) is 5.73 Å². The highest BCUT2D eigenvalue weighted by molar-refractivity contribution is 5.94. The largest absolute Gasteiger partial charge is 0.335 e. The van der Waals surface area contributed by atoms with Crippen molar-refractivity contribution in [1.82, 2.24) is 25.6 Å². The number of imide groups is 1. The zero-order chi connectivity index (χ0) is 14.5. The fourth-order valence-electron chi connectivity index (χ4n) is 1.78. The van der Waals surface area contributed by atoms with E-state index >= 15 is 0 Å². The third kappa shape index (κ3) is 4.30. The smallest absolute Gasteiger partial charge is 0.321 e. The van der Waals surface area contributed by atoms with E-state index < -0.39 is 11.9 Å². The van der Waals surface area contributed by atoms with Gasteiger partial charge in [0, 0.05) is 6.04 Å². The number of hydrogen-bond acceptors (Lipinski definition) is 5. The predicted octanol–water partition coefficient (Wildman–Crippen LogP) is 0.0662. The van der Waals surface area contributed by atoms with Gasteiger partial charge in [-0.05, 0) is 19.3 Å². The van der Waals surface area contributed by atoms with Crippen LogP contribution in [0.5, 0.6) is 0 Å². The van der Waals surface area contributed by atoms with Gasteiger partial charge in [-0.15, -0.1) is 5.10 Å². The van der Waals surface area contributed by atoms with Crippen LogP contribution in [0.1, 0.15) is 44.3 Å². The lowest BCUT2D eigenvalue weighted by Crippen LogP contribution is -2.41. The molecule has 0 spiro atoms. The second kappa shape index (κ2) is 6.47. The number of carbonyl (C=O) groups is 2. The molecule has 0 aliphatic heterocycles. The maximum atomic E-state index is 11.6. The fraction of sp³-hybridized carbons (Fsp3) is 0.667. The summed E-state index contributed by atoms with van der Waals surface area (Å²) in [5.41, 5.74) is 6.57. The Morgan fingerprint density at radius 3 is 2.95 bits per heavy atom. The molecule has 110 valence electrons. The lowest BCUT2D eigenvalue weighted by atomic mass is 10.1. The maximum Gasteiger partial charge on any atom is 0.321 e. The average Bonchev–Trinajstić information content (AvgIpc) is 3.05. The van der Waals surface area contributed by atoms with E-state index in [0.29, 0.717) is 5.69 Å². The van der Waals surface area contributed by atoms with E-state index in [2.05, 4.69) is 20.9 Å². The molecule has 1 heterocycles. The number of nitrogens with two attached hydrogens (primary N) is 1. The number of carbonyl (C=O) groups excluding carboxylic acids is 2. The first-order valence-corrected chi connectivity index (χ1v) is 6.84. The molecular weight excluding hydrogens is 260 g/mol. The molecule has 3 amide bonds. The van der Waals surface area contributed by atoms with Crippen LogP contribution in [0.4, 0.5) is 4.79 Å². The third-order valence-electron chi connectivity index (χ3n) is 3.01. The minimum Gasteiger partial charge on any atom is -0.335 e. The van der Waals surface area contributed by atoms with Gasteiger partial charge in [-0.2, -0.15) is 0 Å². The molecule has 1 saturated carbocycles. The summed E-state index contributed by atoms with van der Waals surface area (Å²) in [6, 6.07) is -0.414. The summed E-state index contributed by atoms with van der Waals surface area (Å²) in [5, 5.41) is 12.7. The van der Waals surface area contributed by atoms with Crippen LogP contribution in [0.3, 0.4) is 0 Å². The van der Waals surface area contributed by atoms with Crippen LogP contribution < -0.4 is 16.4 Å². The Morgan fingerprint density at radius 2 is 2.30 bits per heavy atom. The summed E-state index contributed by atoms with van der Waals surface area (Å²) in [7, 11) is 0. The van der Waals surface area contributed by atoms with Crippen LogP contribution in [0.25, 0.3) is 0 Å². The molecule has 1 fully saturated rings. The highest BCUT2D eigenvalue weighted by atomic mass is 16.2. The van der Waals surface area contributed by atoms with Crippen molar-refractivity contribution < 1.29 is 9.59 Å². The molecule has 1 unspecified atom stereocenters. The lowest BCUT2D eigenvalue weighted by Gasteiger charge is -2.05. The summed E-state index contributed by atoms with van der Waals surface area (Å²) in [6.07, 6.45) is 5.36. The Balaban J connectivity index is 1.79. The van der Waals surface area contributed by atoms with Crippen molar-refractivity contribution in [1.29, 1.82) is 0 Å². The Hall–Kier alpha value is -1.96. The maximum absolute atomic E-state index is 11.6. The Bertz CT molecular complexity index is 482. The van der Waals surface area contributed by atoms with E-state index in [4.69, 9.17) is 5.73 Å². The Morgan fingerprint density at radius 1 is 1.55 bits per heavy atom. The monoisotopic (exact) mass is 280 g/mol. The second-order valence-electron chi connectivity index (χ2n) is 5.03. The van der Waals surface area contributed by atoms with E-state index in [9.17, 15) is 9.59 Å². The zero-order valence-electron chi connectivity index (χ0n) is 11.5. The summed E-state index contributed by atoms with van der Waals surface area (Å²) >= 11 is 0. The van der Waals surface area contributed by atoms with Crippen LogP contribution in [-0.2, 0) is 11.3 Å². The van der Waals surface area contributed by atoms with Crippen molar-refractivity contribution in [2.75, 3.05) is 0 Å². The summed E-state index contributed by atoms with van der Waals surface area (Å²) in [6.45, 7) is 1.99. The van der Waals surface area contributed by atoms with Crippen LogP contribution in [0, 0.1) is 0 Å². The second-order valence-corrected chi connectivity index (χ2v) is 5.03. The predicted molar refractivity (Wildman–Crippen MR) is 71.6 cm³/mol. The molecule has 1 aliphatic rings. The van der Waals surface area contributed by atoms with Gasteiger partial charge in [0.05, 0.1) is 17.9 Å². The van der Waals surface area contributed by atoms with E-state index in [1.54, 1.807) is 6.20 Å². The van der Waals surface area contributed by atoms with E-state index in [-0.39, 0.29) is 18.6 Å². The third-order valence-corrected chi connectivity index (χ3v) is 3.01. The van der Waals surface area contributed by atoms with Gasteiger partial charge in [0.2, 0.25) is 5.91 Å². The number of amides is 3. The highest BCUT2D eigenvalue weighted by Gasteiger charge is 2.24. The summed E-state index contributed by atoms with van der Waals surface area (Å²) < 4.78 is 1.38. The van der Waals surface area contributed by atoms with Gasteiger partial charge in [0.25, 0.3) is 0 Å². The van der Waals surface area contributed by atoms with Gasteiger partial charge >= 0.3 is 6.03 Å². The molecule has 2 rings (SSSR count). The number of rotatable bonds is 6. The number of urea groups is 1. The van der Waals surface area contributed by atoms with Crippen molar-refractivity contribution >= 4 is 11.9 Å². The van der Waals surface area contributed by atoms with Gasteiger partial charge in [-0.1, -0.05) is 18.6 Å². The molecule has 1 atom stereocenters. The number of nitrogens with zero attached hydrogens (tertiary/aromatic N) is 3. The van der Waals surface area contributed by atoms with Gasteiger partial charge in [0.15, 0.2) is 0 Å². The number of aromatic nitrogens is 3. The lowest BCUT2D eigenvalue weighted by molar-refractivity contribution is -0.120. The summed E-state index contributed by atoms with van der Waals surface area (Å²) in [5.74, 6) is -0.427. The van der Waals surface area contributed by atoms with Gasteiger partial charge in [-0.3, -0.25) is 10.1 Å². The highest BCUT2D eigenvalue weighted by Crippen LogP contribution is 2.18. The SMILES string of the molecule is CCCC(N)c1cn(CC(=O)NC(=O)NC2CC2)nn1. The zero-order valence-corrected chi connectivity index (χ0v) is 11.5. The molecule has 4 N–H and O–H groups in total. The molecule has 1 aliphatic carbocycles. The standard InChI is InChI=1S/C12H20N6O2/c1-2-3-9(13)10-6-18(17-16-10)7-11(19)15-12(20)14-8-4-5-8/h6,8-9H,2-5,7,13H2,1H3,(H2,14,15,19,20). The first kappa shape index (κ1) is 14.4. The molecule has 8 heteroatoms. The van der Waals surface area contributed by atoms with Crippen LogP contribution >= 0.6 is 0 Å². The molecule has 1 aromatic heterocycles. The van der Waals surface area contributed by atoms with Crippen molar-refractivity contribution in [3.05, 3.63) is 11.9 Å². The van der Waals surface area contributed by atoms with E-state index in [0.717, 1.165) is 25.7 Å². The minimum atomic E-state index is -0.458. The van der Waals surface area contributed by atoms with E-state index in [1.165, 1.54) is 4.68 Å². The molecule has 0 radical (unpaired) electrons. The molecule has 1 aromatic rings. The Kier molecular flexibility index (Phi) is 4.67. The molecule has 8 nitrogen and oxygen atoms in total.